The van der Waals surface area contributed by atoms with Gasteiger partial charge in [-0.25, -0.2) is 13.2 Å². The van der Waals surface area contributed by atoms with Gasteiger partial charge >= 0.3 is 6.09 Å². The standard InChI is InChI=1S/C17H27NO4S/c1-12(2)11-15(18-16(19)22-17(4,5)6)23(20,21)14-9-7-13(3)8-10-14/h7-10,12,15H,11H2,1-6H3,(H,18,19). The van der Waals surface area contributed by atoms with Crippen molar-refractivity contribution in [3.63, 3.8) is 0 Å². The Kier molecular flexibility index (Phi) is 6.22. The number of amides is 1. The molecular formula is C17H27NO4S. The van der Waals surface area contributed by atoms with Crippen LogP contribution in [0.25, 0.3) is 0 Å². The van der Waals surface area contributed by atoms with Gasteiger partial charge in [-0.3, -0.25) is 0 Å². The SMILES string of the molecule is Cc1ccc(S(=O)(=O)C(CC(C)C)NC(=O)OC(C)(C)C)cc1. The summed E-state index contributed by atoms with van der Waals surface area (Å²) >= 11 is 0. The van der Waals surface area contributed by atoms with Crippen LogP contribution in [0.5, 0.6) is 0 Å². The van der Waals surface area contributed by atoms with E-state index in [9.17, 15) is 13.2 Å². The van der Waals surface area contributed by atoms with Gasteiger partial charge in [0.1, 0.15) is 11.0 Å². The normalized spacial score (nSPS) is 13.7. The van der Waals surface area contributed by atoms with E-state index in [0.29, 0.717) is 6.42 Å². The highest BCUT2D eigenvalue weighted by atomic mass is 32.2. The summed E-state index contributed by atoms with van der Waals surface area (Å²) in [6.07, 6.45) is -0.408. The van der Waals surface area contributed by atoms with Crippen LogP contribution in [0, 0.1) is 12.8 Å². The molecule has 0 bridgehead atoms. The van der Waals surface area contributed by atoms with E-state index < -0.39 is 26.9 Å². The maximum Gasteiger partial charge on any atom is 0.408 e. The van der Waals surface area contributed by atoms with E-state index in [0.717, 1.165) is 5.56 Å². The molecule has 6 heteroatoms. The molecule has 0 radical (unpaired) electrons. The summed E-state index contributed by atoms with van der Waals surface area (Å²) in [7, 11) is -3.68. The van der Waals surface area contributed by atoms with Gasteiger partial charge in [-0.2, -0.15) is 0 Å². The summed E-state index contributed by atoms with van der Waals surface area (Å²) in [5.41, 5.74) is 0.296. The molecule has 0 saturated heterocycles. The highest BCUT2D eigenvalue weighted by molar-refractivity contribution is 7.92. The number of hydrogen-bond donors (Lipinski definition) is 1. The van der Waals surface area contributed by atoms with Crippen molar-refractivity contribution in [3.8, 4) is 0 Å². The minimum atomic E-state index is -3.68. The maximum absolute atomic E-state index is 12.8. The fourth-order valence-corrected chi connectivity index (χ4v) is 3.76. The van der Waals surface area contributed by atoms with E-state index >= 15 is 0 Å². The molecule has 0 heterocycles. The first kappa shape index (κ1) is 19.5. The van der Waals surface area contributed by atoms with Crippen molar-refractivity contribution in [2.24, 2.45) is 5.92 Å². The minimum Gasteiger partial charge on any atom is -0.444 e. The second kappa shape index (κ2) is 7.34. The Labute approximate surface area is 139 Å². The van der Waals surface area contributed by atoms with Gasteiger partial charge in [0.15, 0.2) is 9.84 Å². The molecule has 1 N–H and O–H groups in total. The molecule has 0 aliphatic carbocycles. The third-order valence-corrected chi connectivity index (χ3v) is 5.08. The number of rotatable bonds is 5. The molecule has 1 amide bonds. The zero-order chi connectivity index (χ0) is 17.8. The van der Waals surface area contributed by atoms with Crippen molar-refractivity contribution in [2.45, 2.75) is 63.8 Å². The number of nitrogens with one attached hydrogen (secondary N) is 1. The lowest BCUT2D eigenvalue weighted by Crippen LogP contribution is -2.44. The van der Waals surface area contributed by atoms with Crippen molar-refractivity contribution in [2.75, 3.05) is 0 Å². The Morgan fingerprint density at radius 3 is 2.13 bits per heavy atom. The van der Waals surface area contributed by atoms with Gasteiger partial charge in [0.2, 0.25) is 0 Å². The number of ether oxygens (including phenoxy) is 1. The fraction of sp³-hybridized carbons (Fsp3) is 0.588. The van der Waals surface area contributed by atoms with Crippen LogP contribution in [0.3, 0.4) is 0 Å². The first-order chi connectivity index (χ1) is 10.4. The number of carbonyl (C=O) groups is 1. The van der Waals surface area contributed by atoms with Crippen molar-refractivity contribution >= 4 is 15.9 Å². The molecular weight excluding hydrogens is 314 g/mol. The second-order valence-corrected chi connectivity index (χ2v) is 9.25. The van der Waals surface area contributed by atoms with Gasteiger partial charge in [0, 0.05) is 0 Å². The van der Waals surface area contributed by atoms with Crippen LogP contribution in [0.15, 0.2) is 29.2 Å². The molecule has 0 spiro atoms. The van der Waals surface area contributed by atoms with Gasteiger partial charge in [-0.05, 0) is 52.2 Å². The van der Waals surface area contributed by atoms with Gasteiger partial charge in [-0.1, -0.05) is 31.5 Å². The Bertz CT molecular complexity index is 628. The molecule has 1 aromatic carbocycles. The Morgan fingerprint density at radius 1 is 1.17 bits per heavy atom. The predicted molar refractivity (Wildman–Crippen MR) is 91.0 cm³/mol. The molecule has 1 rings (SSSR count). The van der Waals surface area contributed by atoms with Crippen LogP contribution in [-0.2, 0) is 14.6 Å². The third-order valence-electron chi connectivity index (χ3n) is 3.09. The molecule has 1 atom stereocenters. The zero-order valence-corrected chi connectivity index (χ0v) is 15.5. The largest absolute Gasteiger partial charge is 0.444 e. The van der Waals surface area contributed by atoms with Gasteiger partial charge in [0.05, 0.1) is 4.90 Å². The van der Waals surface area contributed by atoms with Crippen LogP contribution in [0.1, 0.15) is 46.6 Å². The molecule has 0 fully saturated rings. The smallest absolute Gasteiger partial charge is 0.408 e. The van der Waals surface area contributed by atoms with Crippen molar-refractivity contribution in [3.05, 3.63) is 29.8 Å². The summed E-state index contributed by atoms with van der Waals surface area (Å²) in [5.74, 6) is 0.107. The first-order valence-corrected chi connectivity index (χ1v) is 9.26. The summed E-state index contributed by atoms with van der Waals surface area (Å²) < 4.78 is 30.8. The van der Waals surface area contributed by atoms with Crippen LogP contribution in [0.2, 0.25) is 0 Å². The van der Waals surface area contributed by atoms with Crippen LogP contribution < -0.4 is 5.32 Å². The average molecular weight is 341 g/mol. The van der Waals surface area contributed by atoms with Crippen molar-refractivity contribution < 1.29 is 17.9 Å². The highest BCUT2D eigenvalue weighted by Gasteiger charge is 2.31. The predicted octanol–water partition coefficient (Wildman–Crippen LogP) is 3.67. The molecule has 130 valence electrons. The molecule has 0 aliphatic heterocycles. The minimum absolute atomic E-state index is 0.107. The average Bonchev–Trinajstić information content (AvgIpc) is 2.35. The van der Waals surface area contributed by atoms with Crippen molar-refractivity contribution in [1.82, 2.24) is 5.32 Å². The van der Waals surface area contributed by atoms with E-state index in [4.69, 9.17) is 4.74 Å². The van der Waals surface area contributed by atoms with Gasteiger partial charge < -0.3 is 10.1 Å². The quantitative estimate of drug-likeness (QED) is 0.887. The lowest BCUT2D eigenvalue weighted by molar-refractivity contribution is 0.0516. The summed E-state index contributed by atoms with van der Waals surface area (Å²) in [6.45, 7) is 10.9. The van der Waals surface area contributed by atoms with E-state index in [-0.39, 0.29) is 10.8 Å². The molecule has 1 aromatic rings. The Balaban J connectivity index is 3.05. The molecule has 5 nitrogen and oxygen atoms in total. The van der Waals surface area contributed by atoms with E-state index in [1.54, 1.807) is 45.0 Å². The molecule has 23 heavy (non-hydrogen) atoms. The van der Waals surface area contributed by atoms with Crippen LogP contribution >= 0.6 is 0 Å². The summed E-state index contributed by atoms with van der Waals surface area (Å²) in [4.78, 5) is 12.2. The van der Waals surface area contributed by atoms with Crippen LogP contribution in [-0.4, -0.2) is 25.5 Å². The number of sulfone groups is 1. The molecule has 1 unspecified atom stereocenters. The molecule has 0 aliphatic rings. The lowest BCUT2D eigenvalue weighted by Gasteiger charge is -2.24. The first-order valence-electron chi connectivity index (χ1n) is 7.72. The molecule has 0 saturated carbocycles. The number of benzene rings is 1. The zero-order valence-electron chi connectivity index (χ0n) is 14.7. The monoisotopic (exact) mass is 341 g/mol. The number of alkyl carbamates (subject to hydrolysis) is 1. The van der Waals surface area contributed by atoms with E-state index in [2.05, 4.69) is 5.32 Å². The highest BCUT2D eigenvalue weighted by Crippen LogP contribution is 2.21. The Morgan fingerprint density at radius 2 is 1.70 bits per heavy atom. The van der Waals surface area contributed by atoms with E-state index in [1.807, 2.05) is 20.8 Å². The van der Waals surface area contributed by atoms with E-state index in [1.165, 1.54) is 0 Å². The summed E-state index contributed by atoms with van der Waals surface area (Å²) in [6, 6.07) is 6.61. The number of hydrogen-bond acceptors (Lipinski definition) is 4. The lowest BCUT2D eigenvalue weighted by atomic mass is 10.1. The number of carbonyl (C=O) groups excluding carboxylic acids is 1. The number of aryl methyl sites for hydroxylation is 1. The second-order valence-electron chi connectivity index (χ2n) is 7.12. The topological polar surface area (TPSA) is 72.5 Å². The van der Waals surface area contributed by atoms with Crippen molar-refractivity contribution in [1.29, 1.82) is 0 Å². The molecule has 0 aromatic heterocycles. The Hall–Kier alpha value is -1.56. The third kappa shape index (κ3) is 6.22. The summed E-state index contributed by atoms with van der Waals surface area (Å²) in [5, 5.41) is 1.50. The van der Waals surface area contributed by atoms with Gasteiger partial charge in [0.25, 0.3) is 0 Å². The van der Waals surface area contributed by atoms with Crippen LogP contribution in [0.4, 0.5) is 4.79 Å². The maximum atomic E-state index is 12.8. The fourth-order valence-electron chi connectivity index (χ4n) is 2.02. The van der Waals surface area contributed by atoms with Gasteiger partial charge in [-0.15, -0.1) is 0 Å².